The molecule has 0 aliphatic carbocycles. The van der Waals surface area contributed by atoms with E-state index in [1.54, 1.807) is 6.20 Å². The zero-order chi connectivity index (χ0) is 17.7. The van der Waals surface area contributed by atoms with Gasteiger partial charge in [0, 0.05) is 43.6 Å². The van der Waals surface area contributed by atoms with E-state index >= 15 is 0 Å². The molecule has 25 heavy (non-hydrogen) atoms. The first-order valence-corrected chi connectivity index (χ1v) is 9.33. The predicted octanol–water partition coefficient (Wildman–Crippen LogP) is 4.13. The quantitative estimate of drug-likeness (QED) is 0.753. The second-order valence-electron chi connectivity index (χ2n) is 7.92. The maximum atomic E-state index is 6.32. The van der Waals surface area contributed by atoms with Crippen molar-refractivity contribution in [3.05, 3.63) is 52.4 Å². The highest BCUT2D eigenvalue weighted by atomic mass is 35.5. The van der Waals surface area contributed by atoms with Crippen LogP contribution in [0.15, 0.2) is 36.5 Å². The molecule has 132 valence electrons. The lowest BCUT2D eigenvalue weighted by Crippen LogP contribution is -2.34. The third-order valence-corrected chi connectivity index (χ3v) is 6.38. The van der Waals surface area contributed by atoms with E-state index in [2.05, 4.69) is 63.9 Å². The first kappa shape index (κ1) is 17.1. The molecule has 2 saturated heterocycles. The van der Waals surface area contributed by atoms with E-state index in [1.807, 2.05) is 0 Å². The van der Waals surface area contributed by atoms with Crippen LogP contribution in [0.5, 0.6) is 0 Å². The number of benzene rings is 1. The SMILES string of the molecule is C[C@@]12CN(Cc3ccccc3)C[C@]1(C)CN(c1nc(Cl)ncc1Cl)C2. The summed E-state index contributed by atoms with van der Waals surface area (Å²) in [5.41, 5.74) is 1.77. The molecule has 2 atom stereocenters. The third kappa shape index (κ3) is 3.01. The molecule has 2 fully saturated rings. The number of nitrogens with zero attached hydrogens (tertiary/aromatic N) is 4. The molecule has 2 aromatic rings. The lowest BCUT2D eigenvalue weighted by atomic mass is 9.71. The van der Waals surface area contributed by atoms with Gasteiger partial charge in [0.15, 0.2) is 5.82 Å². The Morgan fingerprint density at radius 2 is 1.64 bits per heavy atom. The Morgan fingerprint density at radius 3 is 2.28 bits per heavy atom. The Kier molecular flexibility index (Phi) is 4.18. The monoisotopic (exact) mass is 376 g/mol. The van der Waals surface area contributed by atoms with Crippen molar-refractivity contribution in [2.45, 2.75) is 20.4 Å². The standard InChI is InChI=1S/C19H22Cl2N4/c1-18-10-24(9-14-6-4-3-5-7-14)11-19(18,2)13-25(12-18)16-15(20)8-22-17(21)23-16/h3-8H,9-13H2,1-2H3/t18-,19+. The van der Waals surface area contributed by atoms with Gasteiger partial charge in [-0.25, -0.2) is 4.98 Å². The minimum absolute atomic E-state index is 0.197. The van der Waals surface area contributed by atoms with E-state index in [4.69, 9.17) is 23.2 Å². The van der Waals surface area contributed by atoms with Crippen LogP contribution in [-0.4, -0.2) is 41.0 Å². The smallest absolute Gasteiger partial charge is 0.224 e. The molecule has 4 nitrogen and oxygen atoms in total. The minimum Gasteiger partial charge on any atom is -0.354 e. The van der Waals surface area contributed by atoms with Gasteiger partial charge in [-0.3, -0.25) is 4.90 Å². The molecular weight excluding hydrogens is 355 g/mol. The zero-order valence-electron chi connectivity index (χ0n) is 14.5. The van der Waals surface area contributed by atoms with Gasteiger partial charge in [-0.05, 0) is 17.2 Å². The van der Waals surface area contributed by atoms with E-state index < -0.39 is 0 Å². The summed E-state index contributed by atoms with van der Waals surface area (Å²) < 4.78 is 0. The summed E-state index contributed by atoms with van der Waals surface area (Å²) in [4.78, 5) is 13.2. The maximum absolute atomic E-state index is 6.32. The largest absolute Gasteiger partial charge is 0.354 e. The maximum Gasteiger partial charge on any atom is 0.224 e. The van der Waals surface area contributed by atoms with E-state index in [0.29, 0.717) is 5.02 Å². The number of halogens is 2. The van der Waals surface area contributed by atoms with Crippen LogP contribution in [-0.2, 0) is 6.54 Å². The summed E-state index contributed by atoms with van der Waals surface area (Å²) in [6, 6.07) is 10.7. The van der Waals surface area contributed by atoms with Crippen LogP contribution in [0.25, 0.3) is 0 Å². The molecule has 0 amide bonds. The van der Waals surface area contributed by atoms with E-state index in [0.717, 1.165) is 38.5 Å². The lowest BCUT2D eigenvalue weighted by molar-refractivity contribution is 0.212. The molecule has 2 aliphatic heterocycles. The van der Waals surface area contributed by atoms with Crippen LogP contribution in [0, 0.1) is 10.8 Å². The van der Waals surface area contributed by atoms with Gasteiger partial charge in [0.1, 0.15) is 5.02 Å². The van der Waals surface area contributed by atoms with Gasteiger partial charge in [0.2, 0.25) is 5.28 Å². The first-order chi connectivity index (χ1) is 11.9. The molecule has 0 unspecified atom stereocenters. The third-order valence-electron chi connectivity index (χ3n) is 5.93. The second kappa shape index (κ2) is 6.11. The Balaban J connectivity index is 1.53. The normalized spacial score (nSPS) is 29.2. The number of hydrogen-bond donors (Lipinski definition) is 0. The van der Waals surface area contributed by atoms with Gasteiger partial charge in [-0.1, -0.05) is 55.8 Å². The van der Waals surface area contributed by atoms with Crippen LogP contribution >= 0.6 is 23.2 Å². The van der Waals surface area contributed by atoms with Gasteiger partial charge in [0.25, 0.3) is 0 Å². The molecule has 2 aliphatic rings. The van der Waals surface area contributed by atoms with Crippen molar-refractivity contribution in [3.63, 3.8) is 0 Å². The molecular formula is C19H22Cl2N4. The van der Waals surface area contributed by atoms with Crippen molar-refractivity contribution in [1.82, 2.24) is 14.9 Å². The van der Waals surface area contributed by atoms with Crippen LogP contribution in [0.2, 0.25) is 10.3 Å². The Morgan fingerprint density at radius 1 is 1.00 bits per heavy atom. The van der Waals surface area contributed by atoms with E-state index in [9.17, 15) is 0 Å². The highest BCUT2D eigenvalue weighted by molar-refractivity contribution is 6.33. The van der Waals surface area contributed by atoms with Crippen molar-refractivity contribution < 1.29 is 0 Å². The average Bonchev–Trinajstić information content (AvgIpc) is 2.94. The van der Waals surface area contributed by atoms with E-state index in [1.165, 1.54) is 5.56 Å². The van der Waals surface area contributed by atoms with Crippen molar-refractivity contribution in [2.24, 2.45) is 10.8 Å². The number of aromatic nitrogens is 2. The topological polar surface area (TPSA) is 32.3 Å². The summed E-state index contributed by atoms with van der Waals surface area (Å²) >= 11 is 12.3. The molecule has 0 N–H and O–H groups in total. The minimum atomic E-state index is 0.197. The number of likely N-dealkylation sites (tertiary alicyclic amines) is 1. The molecule has 1 aromatic heterocycles. The first-order valence-electron chi connectivity index (χ1n) is 8.58. The fourth-order valence-electron chi connectivity index (χ4n) is 4.47. The molecule has 1 aromatic carbocycles. The van der Waals surface area contributed by atoms with Gasteiger partial charge in [-0.15, -0.1) is 0 Å². The van der Waals surface area contributed by atoms with Crippen LogP contribution in [0.1, 0.15) is 19.4 Å². The summed E-state index contributed by atoms with van der Waals surface area (Å²) in [5, 5.41) is 0.815. The summed E-state index contributed by atoms with van der Waals surface area (Å²) in [7, 11) is 0. The van der Waals surface area contributed by atoms with Crippen molar-refractivity contribution >= 4 is 29.0 Å². The molecule has 4 rings (SSSR count). The molecule has 0 spiro atoms. The van der Waals surface area contributed by atoms with Crippen molar-refractivity contribution in [3.8, 4) is 0 Å². The fraction of sp³-hybridized carbons (Fsp3) is 0.474. The van der Waals surface area contributed by atoms with Crippen LogP contribution in [0.4, 0.5) is 5.82 Å². The average molecular weight is 377 g/mol. The predicted molar refractivity (Wildman–Crippen MR) is 102 cm³/mol. The fourth-order valence-corrected chi connectivity index (χ4v) is 4.81. The summed E-state index contributed by atoms with van der Waals surface area (Å²) in [6.45, 7) is 9.79. The van der Waals surface area contributed by atoms with Crippen LogP contribution < -0.4 is 4.90 Å². The number of hydrogen-bond acceptors (Lipinski definition) is 4. The highest BCUT2D eigenvalue weighted by Gasteiger charge is 2.57. The number of fused-ring (bicyclic) bond motifs is 1. The van der Waals surface area contributed by atoms with Gasteiger partial charge in [-0.2, -0.15) is 4.98 Å². The van der Waals surface area contributed by atoms with Gasteiger partial charge < -0.3 is 4.90 Å². The Hall–Kier alpha value is -1.36. The Labute approximate surface area is 158 Å². The second-order valence-corrected chi connectivity index (χ2v) is 8.66. The van der Waals surface area contributed by atoms with Crippen LogP contribution in [0.3, 0.4) is 0 Å². The van der Waals surface area contributed by atoms with Gasteiger partial charge in [0.05, 0.1) is 6.20 Å². The molecule has 6 heteroatoms. The highest BCUT2D eigenvalue weighted by Crippen LogP contribution is 2.53. The molecule has 0 bridgehead atoms. The summed E-state index contributed by atoms with van der Waals surface area (Å²) in [5.74, 6) is 0.758. The van der Waals surface area contributed by atoms with Crippen molar-refractivity contribution in [1.29, 1.82) is 0 Å². The summed E-state index contributed by atoms with van der Waals surface area (Å²) in [6.07, 6.45) is 1.59. The molecule has 0 saturated carbocycles. The molecule has 0 radical (unpaired) electrons. The number of rotatable bonds is 3. The van der Waals surface area contributed by atoms with E-state index in [-0.39, 0.29) is 16.1 Å². The zero-order valence-corrected chi connectivity index (χ0v) is 16.1. The van der Waals surface area contributed by atoms with Gasteiger partial charge >= 0.3 is 0 Å². The number of anilines is 1. The lowest BCUT2D eigenvalue weighted by Gasteiger charge is -2.30. The Bertz CT molecular complexity index is 764. The van der Waals surface area contributed by atoms with Crippen molar-refractivity contribution in [2.75, 3.05) is 31.1 Å². The molecule has 3 heterocycles.